The molecule has 11 N–H and O–H groups in total. The summed E-state index contributed by atoms with van der Waals surface area (Å²) in [6.07, 6.45) is -2.33. The van der Waals surface area contributed by atoms with Crippen LogP contribution in [0.25, 0.3) is 0 Å². The van der Waals surface area contributed by atoms with E-state index >= 15 is 0 Å². The summed E-state index contributed by atoms with van der Waals surface area (Å²) in [7, 11) is 0. The molecular formula is CH11ClNa2O9. The van der Waals surface area contributed by atoms with Crippen molar-refractivity contribution in [1.29, 1.82) is 0 Å². The van der Waals surface area contributed by atoms with E-state index in [0.717, 1.165) is 0 Å². The van der Waals surface area contributed by atoms with Crippen molar-refractivity contribution in [1.82, 2.24) is 0 Å². The fraction of sp³-hybridized carbons (Fsp3) is 0. The zero-order chi connectivity index (χ0) is 5.58. The van der Waals surface area contributed by atoms with Gasteiger partial charge in [-0.05, 0) is 6.16 Å². The number of carbonyl (C=O) groups is 1. The topological polar surface area (TPSA) is 241 Å². The quantitative estimate of drug-likeness (QED) is 0.410. The van der Waals surface area contributed by atoms with Gasteiger partial charge in [-0.3, -0.25) is 4.66 Å². The van der Waals surface area contributed by atoms with E-state index in [4.69, 9.17) is 19.7 Å². The van der Waals surface area contributed by atoms with E-state index in [1.165, 1.54) is 0 Å². The molecule has 0 bridgehead atoms. The Hall–Kier alpha value is 1.32. The number of halogens is 1. The average Bonchev–Trinajstić information content (AvgIpc) is 1.41. The average molecular weight is 249 g/mol. The fourth-order valence-electron chi connectivity index (χ4n) is 0. The van der Waals surface area contributed by atoms with Gasteiger partial charge in [0.25, 0.3) is 0 Å². The molecule has 0 unspecified atom stereocenters. The van der Waals surface area contributed by atoms with E-state index in [1.54, 1.807) is 0 Å². The van der Waals surface area contributed by atoms with E-state index in [0.29, 0.717) is 0 Å². The third kappa shape index (κ3) is 980. The largest absolute Gasteiger partial charge is 1.00 e. The summed E-state index contributed by atoms with van der Waals surface area (Å²) < 4.78 is 6.47. The summed E-state index contributed by atoms with van der Waals surface area (Å²) in [6.45, 7) is 0. The Kier molecular flexibility index (Phi) is 748. The Bertz CT molecular complexity index is 40.6. The second kappa shape index (κ2) is 108. The smallest absolute Gasteiger partial charge is 0.652 e. The van der Waals surface area contributed by atoms with Crippen molar-refractivity contribution in [3.63, 3.8) is 0 Å². The van der Waals surface area contributed by atoms with Gasteiger partial charge in [0.15, 0.2) is 0 Å². The monoisotopic (exact) mass is 248 g/mol. The Labute approximate surface area is 123 Å². The van der Waals surface area contributed by atoms with Crippen LogP contribution in [0, 0.1) is 0 Å². The molecule has 78 valence electrons. The minimum Gasteiger partial charge on any atom is -0.652 e. The molecule has 0 heterocycles. The van der Waals surface area contributed by atoms with Crippen molar-refractivity contribution >= 4 is 18.0 Å². The predicted octanol–water partition coefficient (Wildman–Crippen LogP) is -12.4. The van der Waals surface area contributed by atoms with Gasteiger partial charge in [0, 0.05) is 0 Å². The number of hydrogen-bond acceptors (Lipinski definition) is 4. The Balaban J connectivity index is -0.00000000242. The van der Waals surface area contributed by atoms with Crippen molar-refractivity contribution in [2.45, 2.75) is 0 Å². The molecule has 0 saturated carbocycles. The first-order valence-corrected chi connectivity index (χ1v) is 1.12. The molecule has 0 aromatic carbocycles. The molecule has 0 fully saturated rings. The van der Waals surface area contributed by atoms with E-state index in [-0.39, 0.29) is 86.5 Å². The molecule has 0 aromatic heterocycles. The van der Waals surface area contributed by atoms with Crippen LogP contribution in [0.3, 0.4) is 0 Å². The standard InChI is InChI=1S/CH2O3.ClHO.2Na.5H2O/c2-1(3)4;1-2;;;;;;;/h(H2,2,3,4);2H;;;5*1H2/q;;2*+1;;;;;/p-2. The summed E-state index contributed by atoms with van der Waals surface area (Å²) >= 11 is 3.64. The van der Waals surface area contributed by atoms with Gasteiger partial charge in [0.1, 0.15) is 0 Å². The van der Waals surface area contributed by atoms with Gasteiger partial charge in [-0.15, -0.1) is 0 Å². The Morgan fingerprint density at radius 1 is 0.846 bits per heavy atom. The van der Waals surface area contributed by atoms with Crippen molar-refractivity contribution in [2.75, 3.05) is 0 Å². The molecule has 0 aliphatic heterocycles. The van der Waals surface area contributed by atoms with Gasteiger partial charge in [0.05, 0.1) is 11.9 Å². The maximum absolute atomic E-state index is 8.33. The van der Waals surface area contributed by atoms with Gasteiger partial charge in [-0.2, -0.15) is 0 Å². The third-order valence-corrected chi connectivity index (χ3v) is 0. The van der Waals surface area contributed by atoms with E-state index in [9.17, 15) is 0 Å². The zero-order valence-corrected chi connectivity index (χ0v) is 11.8. The van der Waals surface area contributed by atoms with Crippen LogP contribution in [-0.2, 0) is 0 Å². The fourth-order valence-corrected chi connectivity index (χ4v) is 0. The number of rotatable bonds is 0. The first-order chi connectivity index (χ1) is 2.73. The van der Waals surface area contributed by atoms with Crippen LogP contribution in [0.15, 0.2) is 0 Å². The maximum Gasteiger partial charge on any atom is 1.00 e. The van der Waals surface area contributed by atoms with Crippen LogP contribution in [0.4, 0.5) is 4.79 Å². The van der Waals surface area contributed by atoms with Gasteiger partial charge in [0.2, 0.25) is 0 Å². The molecular weight excluding hydrogens is 237 g/mol. The second-order valence-electron chi connectivity index (χ2n) is 0.250. The normalized spacial score (nSPS) is 2.31. The van der Waals surface area contributed by atoms with Crippen molar-refractivity contribution in [3.8, 4) is 0 Å². The Morgan fingerprint density at radius 3 is 0.846 bits per heavy atom. The van der Waals surface area contributed by atoms with Gasteiger partial charge in [-0.25, -0.2) is 0 Å². The van der Waals surface area contributed by atoms with Gasteiger partial charge in [-0.1, -0.05) is 0 Å². The predicted molar refractivity (Wildman–Crippen MR) is 31.5 cm³/mol. The summed E-state index contributed by atoms with van der Waals surface area (Å²) in [6, 6.07) is 0. The third-order valence-electron chi connectivity index (χ3n) is 0. The van der Waals surface area contributed by atoms with Crippen LogP contribution >= 0.6 is 11.9 Å². The van der Waals surface area contributed by atoms with Crippen LogP contribution in [0.1, 0.15) is 0 Å². The molecule has 0 aromatic rings. The second-order valence-corrected chi connectivity index (χ2v) is 0.250. The number of hydrogen-bond donors (Lipinski definition) is 1. The van der Waals surface area contributed by atoms with E-state index in [1.807, 2.05) is 0 Å². The van der Waals surface area contributed by atoms with E-state index in [2.05, 4.69) is 11.9 Å². The van der Waals surface area contributed by atoms with Crippen LogP contribution < -0.4 is 69.3 Å². The van der Waals surface area contributed by atoms with Crippen LogP contribution in [0.5, 0.6) is 0 Å². The molecule has 9 nitrogen and oxygen atoms in total. The SMILES string of the molecule is O.O.O.O.O.O=C([O-])[O-].OCl.[Na+].[Na+]. The molecule has 0 amide bonds. The van der Waals surface area contributed by atoms with Crippen molar-refractivity contribution < 1.29 is 106 Å². The molecule has 0 radical (unpaired) electrons. The first kappa shape index (κ1) is 89.8. The minimum absolute atomic E-state index is 0. The number of carboxylic acid groups (broad SMARTS) is 2. The summed E-state index contributed by atoms with van der Waals surface area (Å²) in [5, 5.41) is 16.7. The molecule has 0 spiro atoms. The van der Waals surface area contributed by atoms with Crippen LogP contribution in [0.2, 0.25) is 0 Å². The molecule has 0 aliphatic carbocycles. The maximum atomic E-state index is 8.33. The first-order valence-electron chi connectivity index (χ1n) is 0.781. The summed E-state index contributed by atoms with van der Waals surface area (Å²) in [5.74, 6) is 0. The molecule has 12 heteroatoms. The minimum atomic E-state index is -2.33. The Morgan fingerprint density at radius 2 is 0.846 bits per heavy atom. The van der Waals surface area contributed by atoms with Gasteiger partial charge >= 0.3 is 59.1 Å². The molecule has 0 rings (SSSR count). The van der Waals surface area contributed by atoms with Crippen molar-refractivity contribution in [2.24, 2.45) is 0 Å². The molecule has 0 aliphatic rings. The van der Waals surface area contributed by atoms with E-state index < -0.39 is 6.16 Å². The molecule has 13 heavy (non-hydrogen) atoms. The zero-order valence-electron chi connectivity index (χ0n) is 7.05. The summed E-state index contributed by atoms with van der Waals surface area (Å²) in [5.41, 5.74) is 0. The summed E-state index contributed by atoms with van der Waals surface area (Å²) in [4.78, 5) is 8.33. The molecule has 0 saturated heterocycles. The number of carbonyl (C=O) groups excluding carboxylic acids is 1. The van der Waals surface area contributed by atoms with Gasteiger partial charge < -0.3 is 42.4 Å². The van der Waals surface area contributed by atoms with Crippen molar-refractivity contribution in [3.05, 3.63) is 0 Å². The van der Waals surface area contributed by atoms with Crippen LogP contribution in [-0.4, -0.2) is 38.2 Å². The molecule has 0 atom stereocenters.